The molecule has 2 aromatic heterocycles. The van der Waals surface area contributed by atoms with Crippen molar-refractivity contribution in [1.82, 2.24) is 20.2 Å². The molecule has 8 rings (SSSR count). The maximum Gasteiger partial charge on any atom is 0.290 e. The lowest BCUT2D eigenvalue weighted by atomic mass is 9.92. The standard InChI is InChI=1S/C46H43ClN4O6.CH2O2/c1-27-28(2)48-20-18-38(27)32-11-9-31(10-12-32)17-19-49-45(52)40-21-35-22-41-42(23-36(35)24-51(40)46(53)44-29(3)56-30(4)50-44)57-43(26-55-41)33-13-15-37(16-14-33)54-25-34-7-5-6-8-39(34)47;2-1-3/h5-16,18,20,22-23,40,43H,17,19,21,24-26H2,1-4H3,(H,49,52);1H,(H,2,3). The van der Waals surface area contributed by atoms with Gasteiger partial charge in [-0.05, 0) is 103 Å². The average Bonchev–Trinajstić information content (AvgIpc) is 3.60. The monoisotopic (exact) mass is 828 g/mol. The van der Waals surface area contributed by atoms with Crippen molar-refractivity contribution in [3.63, 3.8) is 0 Å². The summed E-state index contributed by atoms with van der Waals surface area (Å²) in [6.45, 7) is 8.53. The number of pyridine rings is 1. The molecule has 2 aliphatic heterocycles. The Morgan fingerprint density at radius 1 is 0.967 bits per heavy atom. The summed E-state index contributed by atoms with van der Waals surface area (Å²) in [5.74, 6) is 2.10. The average molecular weight is 829 g/mol. The highest BCUT2D eigenvalue weighted by atomic mass is 35.5. The molecule has 308 valence electrons. The summed E-state index contributed by atoms with van der Waals surface area (Å²) in [7, 11) is 0. The molecule has 0 fully saturated rings. The SMILES string of the molecule is Cc1nc(C(=O)N2Cc3cc4c(cc3CC2C(=O)NCCc2ccc(-c3ccnc(C)c3C)cc2)OCC(c2ccc(OCc3ccccc3Cl)cc2)O4)c(C)o1.O=CO. The summed E-state index contributed by atoms with van der Waals surface area (Å²) in [4.78, 5) is 46.8. The second-order valence-electron chi connectivity index (χ2n) is 14.6. The maximum atomic E-state index is 14.1. The number of halogens is 1. The van der Waals surface area contributed by atoms with E-state index in [1.165, 1.54) is 0 Å². The zero-order valence-electron chi connectivity index (χ0n) is 33.7. The lowest BCUT2D eigenvalue weighted by Crippen LogP contribution is -2.53. The van der Waals surface area contributed by atoms with E-state index in [1.54, 1.807) is 18.7 Å². The van der Waals surface area contributed by atoms with Crippen molar-refractivity contribution in [2.45, 2.75) is 65.8 Å². The Hall–Kier alpha value is -6.66. The van der Waals surface area contributed by atoms with Crippen molar-refractivity contribution in [2.24, 2.45) is 0 Å². The number of hydrogen-bond donors (Lipinski definition) is 2. The maximum absolute atomic E-state index is 14.1. The Balaban J connectivity index is 0.00000176. The van der Waals surface area contributed by atoms with Crippen LogP contribution < -0.4 is 19.5 Å². The number of aromatic nitrogens is 2. The normalized spacial score (nSPS) is 15.2. The number of carboxylic acid groups (broad SMARTS) is 1. The highest BCUT2D eigenvalue weighted by Gasteiger charge is 2.38. The molecular weight excluding hydrogens is 784 g/mol. The van der Waals surface area contributed by atoms with Gasteiger partial charge in [-0.2, -0.15) is 0 Å². The number of hydrogen-bond acceptors (Lipinski definition) is 9. The smallest absolute Gasteiger partial charge is 0.290 e. The lowest BCUT2D eigenvalue weighted by Gasteiger charge is -2.37. The summed E-state index contributed by atoms with van der Waals surface area (Å²) >= 11 is 6.29. The third-order valence-electron chi connectivity index (χ3n) is 10.8. The number of rotatable bonds is 10. The van der Waals surface area contributed by atoms with Crippen molar-refractivity contribution < 1.29 is 38.1 Å². The molecular formula is C47H45ClN4O8. The van der Waals surface area contributed by atoms with Crippen molar-refractivity contribution in [3.05, 3.63) is 159 Å². The van der Waals surface area contributed by atoms with Gasteiger partial charge in [0.15, 0.2) is 29.2 Å². The molecule has 0 spiro atoms. The fraction of sp³-hybridized carbons (Fsp3) is 0.255. The molecule has 60 heavy (non-hydrogen) atoms. The van der Waals surface area contributed by atoms with E-state index in [4.69, 9.17) is 40.1 Å². The van der Waals surface area contributed by atoms with Crippen LogP contribution in [0.5, 0.6) is 17.2 Å². The number of nitrogens with one attached hydrogen (secondary N) is 1. The number of benzene rings is 4. The van der Waals surface area contributed by atoms with Crippen LogP contribution in [0.3, 0.4) is 0 Å². The van der Waals surface area contributed by atoms with Crippen LogP contribution in [-0.4, -0.2) is 57.5 Å². The minimum absolute atomic E-state index is 0.186. The van der Waals surface area contributed by atoms with Crippen molar-refractivity contribution >= 4 is 29.9 Å². The number of aryl methyl sites for hydroxylation is 3. The molecule has 12 nitrogen and oxygen atoms in total. The summed E-state index contributed by atoms with van der Waals surface area (Å²) in [6, 6.07) is 28.8. The topological polar surface area (TPSA) is 153 Å². The molecule has 0 bridgehead atoms. The van der Waals surface area contributed by atoms with Crippen LogP contribution in [0.25, 0.3) is 11.1 Å². The van der Waals surface area contributed by atoms with Gasteiger partial charge in [-0.3, -0.25) is 19.4 Å². The predicted molar refractivity (Wildman–Crippen MR) is 225 cm³/mol. The molecule has 13 heteroatoms. The number of amides is 2. The van der Waals surface area contributed by atoms with Crippen LogP contribution in [0.2, 0.25) is 5.02 Å². The zero-order valence-corrected chi connectivity index (χ0v) is 34.5. The highest BCUT2D eigenvalue weighted by molar-refractivity contribution is 6.31. The fourth-order valence-corrected chi connectivity index (χ4v) is 7.62. The number of fused-ring (bicyclic) bond motifs is 2. The van der Waals surface area contributed by atoms with Gasteiger partial charge in [-0.25, -0.2) is 4.98 Å². The van der Waals surface area contributed by atoms with Crippen LogP contribution in [0.1, 0.15) is 67.3 Å². The van der Waals surface area contributed by atoms with E-state index >= 15 is 0 Å². The minimum atomic E-state index is -0.768. The molecule has 4 aromatic carbocycles. The van der Waals surface area contributed by atoms with Crippen LogP contribution in [0.4, 0.5) is 0 Å². The molecule has 0 saturated heterocycles. The largest absolute Gasteiger partial charge is 0.489 e. The molecule has 2 amide bonds. The van der Waals surface area contributed by atoms with E-state index in [2.05, 4.69) is 46.5 Å². The van der Waals surface area contributed by atoms with Gasteiger partial charge in [0.05, 0.1) is 0 Å². The van der Waals surface area contributed by atoms with Gasteiger partial charge in [0.2, 0.25) is 5.91 Å². The molecule has 2 aliphatic rings. The summed E-state index contributed by atoms with van der Waals surface area (Å²) < 4.78 is 24.3. The number of carbonyl (C=O) groups is 3. The van der Waals surface area contributed by atoms with E-state index in [-0.39, 0.29) is 36.6 Å². The van der Waals surface area contributed by atoms with E-state index in [0.717, 1.165) is 50.2 Å². The Bertz CT molecular complexity index is 2500. The molecule has 2 N–H and O–H groups in total. The third kappa shape index (κ3) is 9.29. The number of oxazole rings is 1. The van der Waals surface area contributed by atoms with Crippen molar-refractivity contribution in [1.29, 1.82) is 0 Å². The van der Waals surface area contributed by atoms with Crippen LogP contribution in [0.15, 0.2) is 102 Å². The first-order valence-electron chi connectivity index (χ1n) is 19.6. The molecule has 0 aliphatic carbocycles. The van der Waals surface area contributed by atoms with Gasteiger partial charge in [0.1, 0.15) is 30.8 Å². The van der Waals surface area contributed by atoms with Gasteiger partial charge in [0, 0.05) is 48.9 Å². The summed E-state index contributed by atoms with van der Waals surface area (Å²) in [5, 5.41) is 10.7. The molecule has 0 saturated carbocycles. The molecule has 0 radical (unpaired) electrons. The van der Waals surface area contributed by atoms with E-state index in [0.29, 0.717) is 66.5 Å². The summed E-state index contributed by atoms with van der Waals surface area (Å²) in [6.07, 6.45) is 2.42. The van der Waals surface area contributed by atoms with Crippen LogP contribution in [0, 0.1) is 27.7 Å². The van der Waals surface area contributed by atoms with E-state index in [9.17, 15) is 9.59 Å². The Morgan fingerprint density at radius 2 is 1.70 bits per heavy atom. The van der Waals surface area contributed by atoms with Gasteiger partial charge in [-0.15, -0.1) is 0 Å². The van der Waals surface area contributed by atoms with Crippen LogP contribution >= 0.6 is 11.6 Å². The first-order valence-corrected chi connectivity index (χ1v) is 19.9. The third-order valence-corrected chi connectivity index (χ3v) is 11.1. The minimum Gasteiger partial charge on any atom is -0.489 e. The van der Waals surface area contributed by atoms with Gasteiger partial charge in [0.25, 0.3) is 12.4 Å². The number of ether oxygens (including phenoxy) is 3. The van der Waals surface area contributed by atoms with Gasteiger partial charge >= 0.3 is 0 Å². The number of nitrogens with zero attached hydrogens (tertiary/aromatic N) is 3. The van der Waals surface area contributed by atoms with Crippen molar-refractivity contribution in [2.75, 3.05) is 13.2 Å². The summed E-state index contributed by atoms with van der Waals surface area (Å²) in [5.41, 5.74) is 9.38. The first kappa shape index (κ1) is 41.5. The zero-order chi connectivity index (χ0) is 42.3. The second kappa shape index (κ2) is 18.5. The molecule has 6 aromatic rings. The van der Waals surface area contributed by atoms with E-state index < -0.39 is 6.04 Å². The van der Waals surface area contributed by atoms with Gasteiger partial charge < -0.3 is 34.0 Å². The Labute approximate surface area is 353 Å². The highest BCUT2D eigenvalue weighted by Crippen LogP contribution is 2.41. The lowest BCUT2D eigenvalue weighted by molar-refractivity contribution is -0.126. The first-order chi connectivity index (χ1) is 29.0. The Kier molecular flexibility index (Phi) is 12.8. The van der Waals surface area contributed by atoms with E-state index in [1.807, 2.05) is 79.9 Å². The quantitative estimate of drug-likeness (QED) is 0.129. The second-order valence-corrected chi connectivity index (χ2v) is 15.0. The molecule has 4 heterocycles. The number of carbonyl (C=O) groups excluding carboxylic acids is 2. The fourth-order valence-electron chi connectivity index (χ4n) is 7.43. The molecule has 2 atom stereocenters. The van der Waals surface area contributed by atoms with Crippen LogP contribution in [-0.2, 0) is 35.6 Å². The Morgan fingerprint density at radius 3 is 2.42 bits per heavy atom. The van der Waals surface area contributed by atoms with Gasteiger partial charge in [-0.1, -0.05) is 66.2 Å². The van der Waals surface area contributed by atoms with Crippen molar-refractivity contribution in [3.8, 4) is 28.4 Å². The predicted octanol–water partition coefficient (Wildman–Crippen LogP) is 8.34. The molecule has 2 unspecified atom stereocenters.